The van der Waals surface area contributed by atoms with Crippen molar-refractivity contribution in [1.29, 1.82) is 0 Å². The molecule has 0 aromatic carbocycles. The van der Waals surface area contributed by atoms with Gasteiger partial charge in [-0.15, -0.1) is 0 Å². The van der Waals surface area contributed by atoms with Gasteiger partial charge in [0.05, 0.1) is 11.6 Å². The molecule has 1 fully saturated rings. The molecule has 1 aromatic heterocycles. The lowest BCUT2D eigenvalue weighted by atomic mass is 9.84. The molecule has 1 unspecified atom stereocenters. The number of hydrogen-bond acceptors (Lipinski definition) is 5. The SMILES string of the molecule is COC1(C(Cc2nccn2C)NN)CCOCC1. The molecule has 0 saturated carbocycles. The van der Waals surface area contributed by atoms with Crippen molar-refractivity contribution in [3.05, 3.63) is 18.2 Å². The van der Waals surface area contributed by atoms with Crippen LogP contribution in [0.2, 0.25) is 0 Å². The maximum absolute atomic E-state index is 5.76. The van der Waals surface area contributed by atoms with Crippen LogP contribution in [0.1, 0.15) is 18.7 Å². The molecule has 6 nitrogen and oxygen atoms in total. The van der Waals surface area contributed by atoms with E-state index in [1.807, 2.05) is 17.8 Å². The van der Waals surface area contributed by atoms with Crippen LogP contribution in [0.5, 0.6) is 0 Å². The molecule has 18 heavy (non-hydrogen) atoms. The molecule has 2 rings (SSSR count). The number of hydrogen-bond donors (Lipinski definition) is 2. The third-order valence-electron chi connectivity index (χ3n) is 3.89. The van der Waals surface area contributed by atoms with E-state index in [4.69, 9.17) is 15.3 Å². The highest BCUT2D eigenvalue weighted by atomic mass is 16.5. The van der Waals surface area contributed by atoms with Crippen LogP contribution in [0.25, 0.3) is 0 Å². The summed E-state index contributed by atoms with van der Waals surface area (Å²) in [5.74, 6) is 6.72. The highest BCUT2D eigenvalue weighted by Gasteiger charge is 2.40. The Balaban J connectivity index is 2.13. The summed E-state index contributed by atoms with van der Waals surface area (Å²) < 4.78 is 13.2. The molecule has 0 amide bonds. The van der Waals surface area contributed by atoms with Crippen molar-refractivity contribution in [2.75, 3.05) is 20.3 Å². The van der Waals surface area contributed by atoms with Gasteiger partial charge in [-0.3, -0.25) is 11.3 Å². The first-order valence-electron chi connectivity index (χ1n) is 6.27. The first-order valence-corrected chi connectivity index (χ1v) is 6.27. The first kappa shape index (κ1) is 13.5. The Hall–Kier alpha value is -0.950. The number of nitrogens with zero attached hydrogens (tertiary/aromatic N) is 2. The van der Waals surface area contributed by atoms with Gasteiger partial charge in [0.2, 0.25) is 0 Å². The lowest BCUT2D eigenvalue weighted by molar-refractivity contribution is -0.110. The van der Waals surface area contributed by atoms with E-state index in [2.05, 4.69) is 10.4 Å². The van der Waals surface area contributed by atoms with E-state index in [1.54, 1.807) is 13.3 Å². The number of rotatable bonds is 5. The second kappa shape index (κ2) is 5.79. The van der Waals surface area contributed by atoms with Crippen LogP contribution in [0.3, 0.4) is 0 Å². The number of nitrogens with one attached hydrogen (secondary N) is 1. The highest BCUT2D eigenvalue weighted by Crippen LogP contribution is 2.29. The number of methoxy groups -OCH3 is 1. The van der Waals surface area contributed by atoms with Crippen molar-refractivity contribution in [3.63, 3.8) is 0 Å². The molecule has 1 saturated heterocycles. The second-order valence-corrected chi connectivity index (χ2v) is 4.76. The van der Waals surface area contributed by atoms with Gasteiger partial charge in [-0.05, 0) is 0 Å². The molecule has 1 aromatic rings. The summed E-state index contributed by atoms with van der Waals surface area (Å²) in [5, 5.41) is 0. The summed E-state index contributed by atoms with van der Waals surface area (Å²) >= 11 is 0. The zero-order valence-corrected chi connectivity index (χ0v) is 11.1. The normalized spacial score (nSPS) is 20.8. The van der Waals surface area contributed by atoms with Crippen molar-refractivity contribution in [2.24, 2.45) is 12.9 Å². The quantitative estimate of drug-likeness (QED) is 0.571. The fraction of sp³-hybridized carbons (Fsp3) is 0.750. The molecular weight excluding hydrogens is 232 g/mol. The number of aryl methyl sites for hydroxylation is 1. The maximum Gasteiger partial charge on any atom is 0.110 e. The summed E-state index contributed by atoms with van der Waals surface area (Å²) in [6.45, 7) is 1.43. The number of ether oxygens (including phenoxy) is 2. The molecule has 6 heteroatoms. The largest absolute Gasteiger partial charge is 0.381 e. The fourth-order valence-electron chi connectivity index (χ4n) is 2.58. The molecule has 0 radical (unpaired) electrons. The monoisotopic (exact) mass is 254 g/mol. The van der Waals surface area contributed by atoms with E-state index in [0.717, 1.165) is 25.1 Å². The lowest BCUT2D eigenvalue weighted by Gasteiger charge is -2.41. The summed E-state index contributed by atoms with van der Waals surface area (Å²) in [4.78, 5) is 4.34. The van der Waals surface area contributed by atoms with Gasteiger partial charge >= 0.3 is 0 Å². The predicted molar refractivity (Wildman–Crippen MR) is 67.8 cm³/mol. The number of hydrazine groups is 1. The molecule has 1 atom stereocenters. The fourth-order valence-corrected chi connectivity index (χ4v) is 2.58. The van der Waals surface area contributed by atoms with Crippen molar-refractivity contribution < 1.29 is 9.47 Å². The van der Waals surface area contributed by atoms with Gasteiger partial charge in [-0.1, -0.05) is 0 Å². The first-order chi connectivity index (χ1) is 8.72. The lowest BCUT2D eigenvalue weighted by Crippen LogP contribution is -2.58. The van der Waals surface area contributed by atoms with Gasteiger partial charge < -0.3 is 14.0 Å². The van der Waals surface area contributed by atoms with E-state index in [1.165, 1.54) is 0 Å². The summed E-state index contributed by atoms with van der Waals surface area (Å²) in [6.07, 6.45) is 6.18. The molecule has 0 bridgehead atoms. The number of imidazole rings is 1. The van der Waals surface area contributed by atoms with Gasteiger partial charge in [0.25, 0.3) is 0 Å². The Bertz CT molecular complexity index is 374. The third kappa shape index (κ3) is 2.56. The van der Waals surface area contributed by atoms with Gasteiger partial charge in [0, 0.05) is 59.0 Å². The molecule has 0 aliphatic carbocycles. The molecule has 2 heterocycles. The molecule has 1 aliphatic rings. The van der Waals surface area contributed by atoms with E-state index < -0.39 is 0 Å². The maximum atomic E-state index is 5.76. The molecule has 3 N–H and O–H groups in total. The van der Waals surface area contributed by atoms with Gasteiger partial charge in [0.1, 0.15) is 5.82 Å². The van der Waals surface area contributed by atoms with Gasteiger partial charge in [0.15, 0.2) is 0 Å². The minimum absolute atomic E-state index is 0.0347. The molecular formula is C12H22N4O2. The van der Waals surface area contributed by atoms with Crippen LogP contribution < -0.4 is 11.3 Å². The van der Waals surface area contributed by atoms with E-state index in [-0.39, 0.29) is 11.6 Å². The zero-order valence-electron chi connectivity index (χ0n) is 11.1. The highest BCUT2D eigenvalue weighted by molar-refractivity contribution is 5.02. The Morgan fingerprint density at radius 3 is 2.83 bits per heavy atom. The van der Waals surface area contributed by atoms with E-state index in [9.17, 15) is 0 Å². The minimum atomic E-state index is -0.265. The minimum Gasteiger partial charge on any atom is -0.381 e. The van der Waals surface area contributed by atoms with E-state index >= 15 is 0 Å². The Morgan fingerprint density at radius 1 is 1.61 bits per heavy atom. The Morgan fingerprint density at radius 2 is 2.33 bits per heavy atom. The van der Waals surface area contributed by atoms with Crippen LogP contribution >= 0.6 is 0 Å². The van der Waals surface area contributed by atoms with Crippen LogP contribution in [-0.2, 0) is 22.9 Å². The van der Waals surface area contributed by atoms with E-state index in [0.29, 0.717) is 13.2 Å². The van der Waals surface area contributed by atoms with Crippen molar-refractivity contribution in [2.45, 2.75) is 30.9 Å². The van der Waals surface area contributed by atoms with Crippen LogP contribution in [0.4, 0.5) is 0 Å². The topological polar surface area (TPSA) is 74.3 Å². The van der Waals surface area contributed by atoms with Crippen LogP contribution in [-0.4, -0.2) is 41.5 Å². The average molecular weight is 254 g/mol. The third-order valence-corrected chi connectivity index (χ3v) is 3.89. The van der Waals surface area contributed by atoms with Gasteiger partial charge in [-0.2, -0.15) is 0 Å². The Kier molecular flexibility index (Phi) is 4.34. The number of aromatic nitrogens is 2. The summed E-state index contributed by atoms with van der Waals surface area (Å²) in [6, 6.07) is 0.0347. The van der Waals surface area contributed by atoms with Crippen molar-refractivity contribution >= 4 is 0 Å². The second-order valence-electron chi connectivity index (χ2n) is 4.76. The zero-order chi connectivity index (χ0) is 13.0. The smallest absolute Gasteiger partial charge is 0.110 e. The summed E-state index contributed by atoms with van der Waals surface area (Å²) in [5.41, 5.74) is 2.63. The van der Waals surface area contributed by atoms with Crippen LogP contribution in [0.15, 0.2) is 12.4 Å². The predicted octanol–water partition coefficient (Wildman–Crippen LogP) is -0.00990. The molecule has 0 spiro atoms. The molecule has 102 valence electrons. The number of nitrogens with two attached hydrogens (primary N) is 1. The van der Waals surface area contributed by atoms with Crippen LogP contribution in [0, 0.1) is 0 Å². The Labute approximate surface area is 107 Å². The summed E-state index contributed by atoms with van der Waals surface area (Å²) in [7, 11) is 3.73. The van der Waals surface area contributed by atoms with Crippen molar-refractivity contribution in [3.8, 4) is 0 Å². The van der Waals surface area contributed by atoms with Crippen molar-refractivity contribution in [1.82, 2.24) is 15.0 Å². The average Bonchev–Trinajstić information content (AvgIpc) is 2.82. The molecule has 1 aliphatic heterocycles. The van der Waals surface area contributed by atoms with Gasteiger partial charge in [-0.25, -0.2) is 4.98 Å². The standard InChI is InChI=1S/C12H22N4O2/c1-16-6-5-14-11(16)9-10(15-13)12(17-2)3-7-18-8-4-12/h5-6,10,15H,3-4,7-9,13H2,1-2H3.